The molecule has 23 heavy (non-hydrogen) atoms. The molecule has 6 nitrogen and oxygen atoms in total. The highest BCUT2D eigenvalue weighted by molar-refractivity contribution is 5.89. The number of carbonyl (C=O) groups excluding carboxylic acids is 1. The number of pyridine rings is 1. The summed E-state index contributed by atoms with van der Waals surface area (Å²) in [5.41, 5.74) is 1.75. The summed E-state index contributed by atoms with van der Waals surface area (Å²) in [5, 5.41) is 11.7. The molecule has 2 aromatic heterocycles. The van der Waals surface area contributed by atoms with Crippen LogP contribution in [-0.4, -0.2) is 5.97 Å². The minimum absolute atomic E-state index is 0.0593. The van der Waals surface area contributed by atoms with Crippen molar-refractivity contribution in [1.29, 1.82) is 0 Å². The first-order valence-electron chi connectivity index (χ1n) is 6.92. The summed E-state index contributed by atoms with van der Waals surface area (Å²) >= 11 is 0. The van der Waals surface area contributed by atoms with Gasteiger partial charge in [0.15, 0.2) is 12.4 Å². The summed E-state index contributed by atoms with van der Waals surface area (Å²) in [6, 6.07) is 9.51. The molecule has 0 saturated heterocycles. The summed E-state index contributed by atoms with van der Waals surface area (Å²) < 4.78 is 10.9. The lowest BCUT2D eigenvalue weighted by Crippen LogP contribution is -2.24. The molecule has 0 amide bonds. The molecule has 0 atom stereocenters. The fourth-order valence-corrected chi connectivity index (χ4v) is 2.23. The van der Waals surface area contributed by atoms with Gasteiger partial charge in [-0.1, -0.05) is 12.1 Å². The molecule has 0 aliphatic heterocycles. The molecule has 3 rings (SSSR count). The summed E-state index contributed by atoms with van der Waals surface area (Å²) in [6.45, 7) is 1.83. The normalized spacial score (nSPS) is 10.7. The second-order valence-electron chi connectivity index (χ2n) is 5.11. The van der Waals surface area contributed by atoms with Gasteiger partial charge in [-0.3, -0.25) is 0 Å². The monoisotopic (exact) mass is 311 g/mol. The highest BCUT2D eigenvalue weighted by Gasteiger charge is 2.11. The van der Waals surface area contributed by atoms with E-state index in [1.54, 1.807) is 6.07 Å². The number of fused-ring (bicyclic) bond motifs is 1. The maximum absolute atomic E-state index is 12.0. The maximum atomic E-state index is 12.0. The molecule has 0 saturated carbocycles. The minimum atomic E-state index is -0.570. The Balaban J connectivity index is 1.85. The first kappa shape index (κ1) is 14.8. The van der Waals surface area contributed by atoms with Crippen molar-refractivity contribution in [3.05, 3.63) is 81.1 Å². The fraction of sp³-hybridized carbons (Fsp3) is 0.118. The van der Waals surface area contributed by atoms with E-state index in [0.29, 0.717) is 21.3 Å². The van der Waals surface area contributed by atoms with Gasteiger partial charge in [-0.15, -0.1) is 0 Å². The van der Waals surface area contributed by atoms with Gasteiger partial charge < -0.3 is 14.4 Å². The lowest BCUT2D eigenvalue weighted by atomic mass is 10.1. The summed E-state index contributed by atoms with van der Waals surface area (Å²) in [6.07, 6.45) is 2.43. The van der Waals surface area contributed by atoms with Crippen molar-refractivity contribution in [3.8, 4) is 0 Å². The molecule has 6 heteroatoms. The van der Waals surface area contributed by atoms with Gasteiger partial charge in [-0.2, -0.15) is 4.73 Å². The van der Waals surface area contributed by atoms with E-state index in [2.05, 4.69) is 0 Å². The van der Waals surface area contributed by atoms with Crippen molar-refractivity contribution in [3.63, 3.8) is 0 Å². The Hall–Kier alpha value is -3.15. The largest absolute Gasteiger partial charge is 0.619 e. The van der Waals surface area contributed by atoms with E-state index in [4.69, 9.17) is 9.15 Å². The van der Waals surface area contributed by atoms with Crippen LogP contribution in [0.3, 0.4) is 0 Å². The molecular weight excluding hydrogens is 298 g/mol. The third kappa shape index (κ3) is 3.21. The smallest absolute Gasteiger partial charge is 0.338 e. The van der Waals surface area contributed by atoms with E-state index < -0.39 is 11.6 Å². The Morgan fingerprint density at radius 3 is 2.70 bits per heavy atom. The molecule has 0 spiro atoms. The Bertz CT molecular complexity index is 928. The molecule has 1 aromatic carbocycles. The van der Waals surface area contributed by atoms with Crippen LogP contribution in [0, 0.1) is 12.1 Å². The van der Waals surface area contributed by atoms with Crippen LogP contribution in [0.2, 0.25) is 0 Å². The molecule has 2 heterocycles. The lowest BCUT2D eigenvalue weighted by Gasteiger charge is -2.07. The van der Waals surface area contributed by atoms with Crippen LogP contribution in [0.5, 0.6) is 0 Å². The third-order valence-electron chi connectivity index (χ3n) is 3.38. The van der Waals surface area contributed by atoms with Crippen LogP contribution in [0.15, 0.2) is 58.0 Å². The summed E-state index contributed by atoms with van der Waals surface area (Å²) in [5.74, 6) is -0.570. The molecule has 0 N–H and O–H groups in total. The average Bonchev–Trinajstić information content (AvgIpc) is 2.52. The van der Waals surface area contributed by atoms with Gasteiger partial charge in [0.1, 0.15) is 12.2 Å². The first-order valence-corrected chi connectivity index (χ1v) is 6.92. The number of nitrogens with zero attached hydrogens (tertiary/aromatic N) is 1. The summed E-state index contributed by atoms with van der Waals surface area (Å²) in [7, 11) is 0. The van der Waals surface area contributed by atoms with Crippen LogP contribution in [-0.2, 0) is 11.3 Å². The third-order valence-corrected chi connectivity index (χ3v) is 3.38. The van der Waals surface area contributed by atoms with Gasteiger partial charge in [0.25, 0.3) is 0 Å². The van der Waals surface area contributed by atoms with Gasteiger partial charge >= 0.3 is 11.6 Å². The number of ether oxygens (including phenoxy) is 1. The van der Waals surface area contributed by atoms with Gasteiger partial charge in [0.2, 0.25) is 0 Å². The average molecular weight is 311 g/mol. The predicted octanol–water partition coefficient (Wildman–Crippen LogP) is 2.09. The second-order valence-corrected chi connectivity index (χ2v) is 5.11. The highest BCUT2D eigenvalue weighted by Crippen LogP contribution is 2.19. The second kappa shape index (κ2) is 5.92. The van der Waals surface area contributed by atoms with Crippen LogP contribution < -0.4 is 10.4 Å². The Morgan fingerprint density at radius 1 is 1.22 bits per heavy atom. The van der Waals surface area contributed by atoms with Gasteiger partial charge in [-0.05, 0) is 18.6 Å². The van der Waals surface area contributed by atoms with Crippen molar-refractivity contribution >= 4 is 16.9 Å². The van der Waals surface area contributed by atoms with Crippen LogP contribution in [0.25, 0.3) is 11.0 Å². The zero-order chi connectivity index (χ0) is 16.4. The van der Waals surface area contributed by atoms with E-state index in [-0.39, 0.29) is 12.2 Å². The van der Waals surface area contributed by atoms with E-state index in [0.717, 1.165) is 5.56 Å². The topological polar surface area (TPSA) is 83.5 Å². The molecule has 0 radical (unpaired) electrons. The van der Waals surface area contributed by atoms with Crippen molar-refractivity contribution < 1.29 is 18.7 Å². The standard InChI is InChI=1S/C17H13NO5/c1-11-2-3-14-13(9-16(19)23-15(14)8-11)10-22-17(20)12-4-6-18(21)7-5-12/h2-9H,10H2,1H3. The first-order chi connectivity index (χ1) is 11.0. The van der Waals surface area contributed by atoms with Crippen molar-refractivity contribution in [1.82, 2.24) is 0 Å². The molecule has 0 fully saturated rings. The number of rotatable bonds is 3. The highest BCUT2D eigenvalue weighted by atomic mass is 16.5. The SMILES string of the molecule is Cc1ccc2c(COC(=O)c3cc[n+]([O-])cc3)cc(=O)oc2c1. The maximum Gasteiger partial charge on any atom is 0.338 e. The van der Waals surface area contributed by atoms with E-state index >= 15 is 0 Å². The Morgan fingerprint density at radius 2 is 1.96 bits per heavy atom. The van der Waals surface area contributed by atoms with E-state index in [9.17, 15) is 14.8 Å². The molecule has 116 valence electrons. The summed E-state index contributed by atoms with van der Waals surface area (Å²) in [4.78, 5) is 23.6. The zero-order valence-corrected chi connectivity index (χ0v) is 12.3. The number of carbonyl (C=O) groups is 1. The van der Waals surface area contributed by atoms with Crippen molar-refractivity contribution in [2.75, 3.05) is 0 Å². The molecule has 0 bridgehead atoms. The molecular formula is C17H13NO5. The van der Waals surface area contributed by atoms with Crippen LogP contribution in [0.4, 0.5) is 0 Å². The van der Waals surface area contributed by atoms with Crippen molar-refractivity contribution in [2.24, 2.45) is 0 Å². The number of hydrogen-bond acceptors (Lipinski definition) is 5. The Kier molecular flexibility index (Phi) is 3.80. The van der Waals surface area contributed by atoms with Crippen LogP contribution >= 0.6 is 0 Å². The number of benzene rings is 1. The quantitative estimate of drug-likeness (QED) is 0.320. The van der Waals surface area contributed by atoms with Gasteiger partial charge in [0.05, 0.1) is 5.56 Å². The molecule has 0 aliphatic carbocycles. The van der Waals surface area contributed by atoms with E-state index in [1.165, 1.54) is 30.6 Å². The fourth-order valence-electron chi connectivity index (χ4n) is 2.23. The van der Waals surface area contributed by atoms with Crippen molar-refractivity contribution in [2.45, 2.75) is 13.5 Å². The van der Waals surface area contributed by atoms with Crippen LogP contribution in [0.1, 0.15) is 21.5 Å². The Labute approximate surface area is 131 Å². The van der Waals surface area contributed by atoms with Gasteiger partial charge in [0, 0.05) is 29.1 Å². The van der Waals surface area contributed by atoms with Gasteiger partial charge in [-0.25, -0.2) is 9.59 Å². The number of aryl methyl sites for hydroxylation is 1. The molecule has 0 aliphatic rings. The number of esters is 1. The number of hydrogen-bond donors (Lipinski definition) is 0. The zero-order valence-electron chi connectivity index (χ0n) is 12.3. The lowest BCUT2D eigenvalue weighted by molar-refractivity contribution is -0.605. The molecule has 3 aromatic rings. The molecule has 0 unspecified atom stereocenters. The predicted molar refractivity (Wildman–Crippen MR) is 81.7 cm³/mol. The van der Waals surface area contributed by atoms with E-state index in [1.807, 2.05) is 19.1 Å². The minimum Gasteiger partial charge on any atom is -0.619 e. The number of aromatic nitrogens is 1.